The van der Waals surface area contributed by atoms with E-state index >= 15 is 0 Å². The van der Waals surface area contributed by atoms with Gasteiger partial charge in [0.15, 0.2) is 0 Å². The molecule has 2 aromatic carbocycles. The molecule has 0 saturated carbocycles. The van der Waals surface area contributed by atoms with E-state index in [2.05, 4.69) is 0 Å². The predicted octanol–water partition coefficient (Wildman–Crippen LogP) is 2.81. The maximum atomic E-state index is 11.2. The van der Waals surface area contributed by atoms with E-state index in [4.69, 9.17) is 14.0 Å². The van der Waals surface area contributed by atoms with Gasteiger partial charge in [-0.3, -0.25) is 9.35 Å². The van der Waals surface area contributed by atoms with Crippen LogP contribution in [0.3, 0.4) is 0 Å². The monoisotopic (exact) mass is 338 g/mol. The van der Waals surface area contributed by atoms with Crippen molar-refractivity contribution in [2.75, 3.05) is 13.2 Å². The molecule has 7 heteroatoms. The minimum atomic E-state index is -4.21. The first-order chi connectivity index (χ1) is 10.9. The normalized spacial score (nSPS) is 11.4. The van der Waals surface area contributed by atoms with Crippen molar-refractivity contribution in [2.45, 2.75) is 24.7 Å². The maximum absolute atomic E-state index is 11.2. The van der Waals surface area contributed by atoms with E-state index in [-0.39, 0.29) is 10.9 Å². The summed E-state index contributed by atoms with van der Waals surface area (Å²) in [6, 6.07) is 9.53. The molecule has 1 N–H and O–H groups in total. The van der Waals surface area contributed by atoms with Crippen molar-refractivity contribution in [1.82, 2.24) is 0 Å². The number of benzene rings is 2. The number of hydrogen-bond donors (Lipinski definition) is 1. The van der Waals surface area contributed by atoms with E-state index in [0.717, 1.165) is 5.39 Å². The van der Waals surface area contributed by atoms with Crippen molar-refractivity contribution in [1.29, 1.82) is 0 Å². The minimum absolute atomic E-state index is 0.145. The molecule has 2 aromatic rings. The van der Waals surface area contributed by atoms with E-state index in [1.165, 1.54) is 12.1 Å². The summed E-state index contributed by atoms with van der Waals surface area (Å²) in [5.74, 6) is 0.383. The fourth-order valence-corrected chi connectivity index (χ4v) is 2.61. The molecule has 0 aliphatic heterocycles. The zero-order chi connectivity index (χ0) is 16.9. The first-order valence-electron chi connectivity index (χ1n) is 7.20. The lowest BCUT2D eigenvalue weighted by molar-refractivity contribution is -0.143. The minimum Gasteiger partial charge on any atom is -0.494 e. The highest BCUT2D eigenvalue weighted by Crippen LogP contribution is 2.24. The van der Waals surface area contributed by atoms with Gasteiger partial charge in [-0.15, -0.1) is 0 Å². The molecular formula is C16H18O6S. The Morgan fingerprint density at radius 1 is 1.13 bits per heavy atom. The predicted molar refractivity (Wildman–Crippen MR) is 85.1 cm³/mol. The molecule has 0 aliphatic carbocycles. The zero-order valence-corrected chi connectivity index (χ0v) is 13.5. The lowest BCUT2D eigenvalue weighted by Crippen LogP contribution is -2.06. The highest BCUT2D eigenvalue weighted by Gasteiger charge is 2.10. The van der Waals surface area contributed by atoms with Crippen LogP contribution in [0.1, 0.15) is 19.8 Å². The molecule has 0 spiro atoms. The van der Waals surface area contributed by atoms with E-state index in [0.29, 0.717) is 37.2 Å². The van der Waals surface area contributed by atoms with Gasteiger partial charge >= 0.3 is 5.97 Å². The first kappa shape index (κ1) is 17.2. The molecule has 0 atom stereocenters. The van der Waals surface area contributed by atoms with Gasteiger partial charge in [0.25, 0.3) is 10.1 Å². The molecule has 0 heterocycles. The van der Waals surface area contributed by atoms with Crippen LogP contribution in [0.4, 0.5) is 0 Å². The fourth-order valence-electron chi connectivity index (χ4n) is 2.09. The van der Waals surface area contributed by atoms with Gasteiger partial charge in [-0.1, -0.05) is 12.1 Å². The number of ether oxygens (including phenoxy) is 2. The zero-order valence-electron chi connectivity index (χ0n) is 12.7. The van der Waals surface area contributed by atoms with Crippen LogP contribution in [0, 0.1) is 0 Å². The van der Waals surface area contributed by atoms with Gasteiger partial charge in [0, 0.05) is 6.42 Å². The molecule has 0 saturated heterocycles. The van der Waals surface area contributed by atoms with Crippen LogP contribution in [-0.2, 0) is 19.6 Å². The number of carbonyl (C=O) groups is 1. The summed E-state index contributed by atoms with van der Waals surface area (Å²) in [6.07, 6.45) is 0.859. The molecule has 6 nitrogen and oxygen atoms in total. The van der Waals surface area contributed by atoms with Gasteiger partial charge in [0.2, 0.25) is 0 Å². The Labute approximate surface area is 134 Å². The molecule has 2 rings (SSSR count). The molecule has 0 unspecified atom stereocenters. The van der Waals surface area contributed by atoms with Crippen LogP contribution in [0.5, 0.6) is 5.75 Å². The number of rotatable bonds is 7. The molecule has 0 radical (unpaired) electrons. The molecule has 0 fully saturated rings. The van der Waals surface area contributed by atoms with Crippen LogP contribution in [0.15, 0.2) is 41.3 Å². The Balaban J connectivity index is 1.99. The maximum Gasteiger partial charge on any atom is 0.305 e. The van der Waals surface area contributed by atoms with Crippen molar-refractivity contribution >= 4 is 26.9 Å². The Morgan fingerprint density at radius 3 is 2.52 bits per heavy atom. The second-order valence-corrected chi connectivity index (χ2v) is 6.32. The topological polar surface area (TPSA) is 89.9 Å². The average Bonchev–Trinajstić information content (AvgIpc) is 2.50. The number of fused-ring (bicyclic) bond motifs is 1. The summed E-state index contributed by atoms with van der Waals surface area (Å²) in [5, 5.41) is 1.47. The molecule has 0 aliphatic rings. The third-order valence-corrected chi connectivity index (χ3v) is 4.03. The highest BCUT2D eigenvalue weighted by molar-refractivity contribution is 7.85. The van der Waals surface area contributed by atoms with Crippen molar-refractivity contribution in [3.8, 4) is 5.75 Å². The lowest BCUT2D eigenvalue weighted by atomic mass is 10.1. The van der Waals surface area contributed by atoms with Crippen molar-refractivity contribution in [2.24, 2.45) is 0 Å². The lowest BCUT2D eigenvalue weighted by Gasteiger charge is -2.08. The highest BCUT2D eigenvalue weighted by atomic mass is 32.2. The summed E-state index contributed by atoms with van der Waals surface area (Å²) in [5.41, 5.74) is 0. The summed E-state index contributed by atoms with van der Waals surface area (Å²) >= 11 is 0. The van der Waals surface area contributed by atoms with Crippen LogP contribution >= 0.6 is 0 Å². The molecule has 23 heavy (non-hydrogen) atoms. The fraction of sp³-hybridized carbons (Fsp3) is 0.312. The van der Waals surface area contributed by atoms with Crippen molar-refractivity contribution in [3.63, 3.8) is 0 Å². The molecule has 0 bridgehead atoms. The van der Waals surface area contributed by atoms with Gasteiger partial charge in [-0.05, 0) is 48.4 Å². The third-order valence-electron chi connectivity index (χ3n) is 3.18. The van der Waals surface area contributed by atoms with Crippen LogP contribution in [0.2, 0.25) is 0 Å². The average molecular weight is 338 g/mol. The number of carbonyl (C=O) groups excluding carboxylic acids is 1. The number of hydrogen-bond acceptors (Lipinski definition) is 5. The van der Waals surface area contributed by atoms with Gasteiger partial charge in [0.05, 0.1) is 18.1 Å². The van der Waals surface area contributed by atoms with Gasteiger partial charge in [-0.2, -0.15) is 8.42 Å². The van der Waals surface area contributed by atoms with Gasteiger partial charge in [0.1, 0.15) is 5.75 Å². The van der Waals surface area contributed by atoms with Crippen LogP contribution < -0.4 is 4.74 Å². The quantitative estimate of drug-likeness (QED) is 0.474. The summed E-state index contributed by atoms with van der Waals surface area (Å²) in [4.78, 5) is 11.0. The number of esters is 1. The smallest absolute Gasteiger partial charge is 0.305 e. The Morgan fingerprint density at radius 2 is 1.83 bits per heavy atom. The van der Waals surface area contributed by atoms with E-state index in [1.54, 1.807) is 31.2 Å². The largest absolute Gasteiger partial charge is 0.494 e. The Bertz CT molecular complexity index is 797. The standard InChI is InChI=1S/C16H18O6S/c1-2-21-16(17)4-3-9-22-14-7-5-13-11-15(23(18,19)20)8-6-12(13)10-14/h5-8,10-11H,2-4,9H2,1H3,(H,18,19,20). The Hall–Kier alpha value is -2.12. The molecule has 0 amide bonds. The summed E-state index contributed by atoms with van der Waals surface area (Å²) in [7, 11) is -4.21. The third kappa shape index (κ3) is 4.94. The van der Waals surface area contributed by atoms with E-state index in [9.17, 15) is 13.2 Å². The van der Waals surface area contributed by atoms with Crippen LogP contribution in [0.25, 0.3) is 10.8 Å². The van der Waals surface area contributed by atoms with Crippen molar-refractivity contribution in [3.05, 3.63) is 36.4 Å². The van der Waals surface area contributed by atoms with Crippen molar-refractivity contribution < 1.29 is 27.2 Å². The molecule has 124 valence electrons. The van der Waals surface area contributed by atoms with Crippen LogP contribution in [-0.4, -0.2) is 32.2 Å². The van der Waals surface area contributed by atoms with Gasteiger partial charge in [-0.25, -0.2) is 0 Å². The second-order valence-electron chi connectivity index (χ2n) is 4.90. The summed E-state index contributed by atoms with van der Waals surface area (Å²) < 4.78 is 41.7. The molecular weight excluding hydrogens is 320 g/mol. The molecule has 0 aromatic heterocycles. The summed E-state index contributed by atoms with van der Waals surface area (Å²) in [6.45, 7) is 2.51. The van der Waals surface area contributed by atoms with Gasteiger partial charge < -0.3 is 9.47 Å². The Kier molecular flexibility index (Phi) is 5.57. The SMILES string of the molecule is CCOC(=O)CCCOc1ccc2cc(S(=O)(=O)O)ccc2c1. The second kappa shape index (κ2) is 7.43. The van der Waals surface area contributed by atoms with E-state index in [1.807, 2.05) is 0 Å². The van der Waals surface area contributed by atoms with E-state index < -0.39 is 10.1 Å². The first-order valence-corrected chi connectivity index (χ1v) is 8.64.